The number of benzene rings is 3. The van der Waals surface area contributed by atoms with Crippen molar-refractivity contribution in [1.29, 1.82) is 0 Å². The molecular formula is C47H51IrN2O3-. The Hall–Kier alpha value is -4.38. The Morgan fingerprint density at radius 2 is 1.57 bits per heavy atom. The van der Waals surface area contributed by atoms with Gasteiger partial charge in [0.05, 0.1) is 5.76 Å². The second-order valence-electron chi connectivity index (χ2n) is 14.4. The molecule has 1 aliphatic carbocycles. The van der Waals surface area contributed by atoms with Crippen molar-refractivity contribution in [2.24, 2.45) is 17.8 Å². The molecule has 6 aromatic rings. The molecule has 0 fully saturated rings. The zero-order valence-electron chi connectivity index (χ0n) is 31.8. The molecule has 0 amide bonds. The number of nitrogens with zero attached hydrogens (tertiary/aromatic N) is 2. The number of aryl methyl sites for hydroxylation is 2. The molecule has 3 aromatic heterocycles. The Morgan fingerprint density at radius 3 is 2.26 bits per heavy atom. The van der Waals surface area contributed by atoms with Crippen molar-refractivity contribution >= 4 is 27.5 Å². The van der Waals surface area contributed by atoms with Crippen molar-refractivity contribution in [2.45, 2.75) is 86.5 Å². The van der Waals surface area contributed by atoms with Gasteiger partial charge in [0, 0.05) is 78.3 Å². The standard InChI is InChI=1S/C34H27N2O.C13H24O2.Ir/c1-21(2)16-26-19-30-24(20-36-26)12-13-28-32-31(37-34(28)30)14-15-35-33(32)25-17-23-10-6-7-11-27(23)29(18-25)22-8-4-3-5-9-22;1-5-10(6-2)12(14)9-13(15)11(7-3)8-4;/h3-11,14-15,18-21H,12-13,16H2,1-2H3;9-11,14H,5-8H2,1-4H3;/q-1;;/b;12-9-;. The number of fused-ring (bicyclic) bond motifs is 6. The quantitative estimate of drug-likeness (QED) is 0.0797. The first-order valence-corrected chi connectivity index (χ1v) is 19.1. The van der Waals surface area contributed by atoms with Crippen molar-refractivity contribution in [3.63, 3.8) is 0 Å². The molecule has 1 radical (unpaired) electrons. The van der Waals surface area contributed by atoms with Crippen LogP contribution in [-0.4, -0.2) is 20.9 Å². The molecule has 1 aliphatic rings. The number of aliphatic hydroxyl groups is 1. The topological polar surface area (TPSA) is 76.2 Å². The molecule has 0 saturated carbocycles. The predicted octanol–water partition coefficient (Wildman–Crippen LogP) is 12.3. The van der Waals surface area contributed by atoms with E-state index in [1.165, 1.54) is 39.3 Å². The molecule has 0 atom stereocenters. The molecule has 7 rings (SSSR count). The van der Waals surface area contributed by atoms with E-state index >= 15 is 0 Å². The normalized spacial score (nSPS) is 12.4. The van der Waals surface area contributed by atoms with Crippen molar-refractivity contribution in [3.8, 4) is 33.7 Å². The van der Waals surface area contributed by atoms with Gasteiger partial charge in [-0.15, -0.1) is 23.6 Å². The Kier molecular flexibility index (Phi) is 13.6. The van der Waals surface area contributed by atoms with Crippen molar-refractivity contribution in [1.82, 2.24) is 9.97 Å². The zero-order valence-corrected chi connectivity index (χ0v) is 34.2. The van der Waals surface area contributed by atoms with E-state index in [0.29, 0.717) is 5.92 Å². The van der Waals surface area contributed by atoms with Gasteiger partial charge in [0.2, 0.25) is 0 Å². The van der Waals surface area contributed by atoms with Gasteiger partial charge in [0.1, 0.15) is 11.3 Å². The number of rotatable bonds is 11. The van der Waals surface area contributed by atoms with Crippen LogP contribution < -0.4 is 0 Å². The number of allylic oxidation sites excluding steroid dienone is 2. The number of aliphatic hydroxyl groups excluding tert-OH is 1. The average Bonchev–Trinajstić information content (AvgIpc) is 3.55. The minimum absolute atomic E-state index is 0. The van der Waals surface area contributed by atoms with Crippen molar-refractivity contribution in [2.75, 3.05) is 0 Å². The predicted molar refractivity (Wildman–Crippen MR) is 214 cm³/mol. The summed E-state index contributed by atoms with van der Waals surface area (Å²) in [6, 6.07) is 29.2. The third-order valence-electron chi connectivity index (χ3n) is 10.4. The van der Waals surface area contributed by atoms with Gasteiger partial charge in [-0.3, -0.25) is 14.8 Å². The molecule has 5 nitrogen and oxygen atoms in total. The van der Waals surface area contributed by atoms with E-state index in [9.17, 15) is 9.90 Å². The van der Waals surface area contributed by atoms with Crippen molar-refractivity contribution in [3.05, 3.63) is 120 Å². The smallest absolute Gasteiger partial charge is 0.162 e. The number of carbonyl (C=O) groups is 1. The molecular weight excluding hydrogens is 833 g/mol. The van der Waals surface area contributed by atoms with Gasteiger partial charge >= 0.3 is 0 Å². The molecule has 277 valence electrons. The molecule has 0 bridgehead atoms. The van der Waals surface area contributed by atoms with Crippen LogP contribution in [0, 0.1) is 23.8 Å². The second kappa shape index (κ2) is 18.1. The van der Waals surface area contributed by atoms with Crippen LogP contribution in [0.3, 0.4) is 0 Å². The van der Waals surface area contributed by atoms with Crippen LogP contribution in [0.2, 0.25) is 0 Å². The van der Waals surface area contributed by atoms with Gasteiger partial charge in [-0.05, 0) is 74.1 Å². The summed E-state index contributed by atoms with van der Waals surface area (Å²) >= 11 is 0. The monoisotopic (exact) mass is 884 g/mol. The van der Waals surface area contributed by atoms with Gasteiger partial charge < -0.3 is 9.52 Å². The Balaban J connectivity index is 0.000000290. The number of hydrogen-bond acceptors (Lipinski definition) is 5. The number of furan rings is 1. The minimum atomic E-state index is 0. The Bertz CT molecular complexity index is 2190. The van der Waals surface area contributed by atoms with E-state index in [1.54, 1.807) is 0 Å². The SMILES string of the molecule is CC(C)Cc1cc2c(cn1)CCc1c-2oc2ccnc(-c3[c-]c4ccccc4c(-c4ccccc4)c3)c12.CCC(CC)C(=O)/C=C(\O)C(CC)CC.[Ir]. The van der Waals surface area contributed by atoms with Crippen LogP contribution in [0.5, 0.6) is 0 Å². The maximum absolute atomic E-state index is 11.7. The number of aromatic nitrogens is 2. The largest absolute Gasteiger partial charge is 0.512 e. The van der Waals surface area contributed by atoms with Gasteiger partial charge in [0.25, 0.3) is 0 Å². The van der Waals surface area contributed by atoms with Gasteiger partial charge in [-0.1, -0.05) is 107 Å². The summed E-state index contributed by atoms with van der Waals surface area (Å²) in [6.07, 6.45) is 11.6. The van der Waals surface area contributed by atoms with Gasteiger partial charge in [-0.25, -0.2) is 0 Å². The molecule has 3 heterocycles. The molecule has 0 unspecified atom stereocenters. The summed E-state index contributed by atoms with van der Waals surface area (Å²) in [5.74, 6) is 2.08. The first kappa shape index (κ1) is 39.8. The van der Waals surface area contributed by atoms with Crippen LogP contribution in [0.25, 0.3) is 55.4 Å². The van der Waals surface area contributed by atoms with E-state index in [4.69, 9.17) is 14.4 Å². The fraction of sp³-hybridized carbons (Fsp3) is 0.340. The molecule has 0 saturated heterocycles. The second-order valence-corrected chi connectivity index (χ2v) is 14.4. The molecule has 6 heteroatoms. The summed E-state index contributed by atoms with van der Waals surface area (Å²) < 4.78 is 6.56. The van der Waals surface area contributed by atoms with Crippen LogP contribution >= 0.6 is 0 Å². The maximum Gasteiger partial charge on any atom is 0.162 e. The Labute approximate surface area is 328 Å². The summed E-state index contributed by atoms with van der Waals surface area (Å²) in [7, 11) is 0. The number of hydrogen-bond donors (Lipinski definition) is 1. The summed E-state index contributed by atoms with van der Waals surface area (Å²) in [5, 5.41) is 13.1. The fourth-order valence-electron chi connectivity index (χ4n) is 7.49. The third kappa shape index (κ3) is 8.72. The number of carbonyl (C=O) groups excluding carboxylic acids is 1. The zero-order chi connectivity index (χ0) is 36.8. The van der Waals surface area contributed by atoms with E-state index in [-0.39, 0.29) is 43.5 Å². The van der Waals surface area contributed by atoms with Crippen LogP contribution in [0.15, 0.2) is 101 Å². The van der Waals surface area contributed by atoms with E-state index in [0.717, 1.165) is 84.0 Å². The fourth-order valence-corrected chi connectivity index (χ4v) is 7.49. The van der Waals surface area contributed by atoms with Crippen LogP contribution in [0.4, 0.5) is 0 Å². The van der Waals surface area contributed by atoms with E-state index in [2.05, 4.69) is 86.6 Å². The van der Waals surface area contributed by atoms with Crippen LogP contribution in [-0.2, 0) is 44.2 Å². The maximum atomic E-state index is 11.7. The summed E-state index contributed by atoms with van der Waals surface area (Å²) in [4.78, 5) is 21.4. The molecule has 3 aromatic carbocycles. The molecule has 0 aliphatic heterocycles. The summed E-state index contributed by atoms with van der Waals surface area (Å²) in [6.45, 7) is 12.5. The summed E-state index contributed by atoms with van der Waals surface area (Å²) in [5.41, 5.74) is 10.0. The van der Waals surface area contributed by atoms with Crippen LogP contribution in [0.1, 0.15) is 84.0 Å². The number of ketones is 1. The molecule has 53 heavy (non-hydrogen) atoms. The third-order valence-corrected chi connectivity index (χ3v) is 10.4. The van der Waals surface area contributed by atoms with Crippen molar-refractivity contribution < 1.29 is 34.4 Å². The number of pyridine rings is 2. The first-order chi connectivity index (χ1) is 25.3. The van der Waals surface area contributed by atoms with Gasteiger partial charge in [0.15, 0.2) is 5.78 Å². The molecule has 1 N–H and O–H groups in total. The molecule has 0 spiro atoms. The van der Waals surface area contributed by atoms with E-state index < -0.39 is 0 Å². The first-order valence-electron chi connectivity index (χ1n) is 19.1. The van der Waals surface area contributed by atoms with Gasteiger partial charge in [-0.2, -0.15) is 0 Å². The Morgan fingerprint density at radius 1 is 0.868 bits per heavy atom. The average molecular weight is 884 g/mol. The minimum Gasteiger partial charge on any atom is -0.512 e. The van der Waals surface area contributed by atoms with E-state index in [1.807, 2.05) is 46.2 Å².